The summed E-state index contributed by atoms with van der Waals surface area (Å²) in [6.07, 6.45) is 4.03. The van der Waals surface area contributed by atoms with Gasteiger partial charge in [0.15, 0.2) is 11.3 Å². The summed E-state index contributed by atoms with van der Waals surface area (Å²) in [5.74, 6) is 1.99. The van der Waals surface area contributed by atoms with Crippen molar-refractivity contribution in [2.24, 2.45) is 5.92 Å². The highest BCUT2D eigenvalue weighted by Gasteiger charge is 2.40. The van der Waals surface area contributed by atoms with Gasteiger partial charge in [-0.1, -0.05) is 18.5 Å². The van der Waals surface area contributed by atoms with Crippen LogP contribution in [0.5, 0.6) is 11.8 Å². The van der Waals surface area contributed by atoms with Crippen molar-refractivity contribution in [3.8, 4) is 11.8 Å². The Morgan fingerprint density at radius 3 is 3.03 bits per heavy atom. The number of nitrogens with zero attached hydrogens (tertiary/aromatic N) is 4. The molecule has 2 N–H and O–H groups in total. The Morgan fingerprint density at radius 2 is 2.28 bits per heavy atom. The number of pyridine rings is 1. The van der Waals surface area contributed by atoms with Crippen molar-refractivity contribution in [3.05, 3.63) is 35.3 Å². The van der Waals surface area contributed by atoms with Gasteiger partial charge in [0.05, 0.1) is 22.9 Å². The zero-order valence-corrected chi connectivity index (χ0v) is 16.5. The van der Waals surface area contributed by atoms with Crippen LogP contribution in [0, 0.1) is 5.92 Å². The second-order valence-corrected chi connectivity index (χ2v) is 7.96. The summed E-state index contributed by atoms with van der Waals surface area (Å²) in [6, 6.07) is 4.36. The van der Waals surface area contributed by atoms with Crippen LogP contribution in [0.2, 0.25) is 5.02 Å². The molecule has 148 valence electrons. The normalized spacial score (nSPS) is 21.0. The molecule has 29 heavy (non-hydrogen) atoms. The average molecular weight is 411 g/mol. The second-order valence-electron chi connectivity index (χ2n) is 7.58. The first kappa shape index (κ1) is 17.1. The number of ether oxygens (including phenoxy) is 1. The fourth-order valence-electron chi connectivity index (χ4n) is 4.20. The third kappa shape index (κ3) is 2.67. The Labute approximate surface area is 171 Å². The summed E-state index contributed by atoms with van der Waals surface area (Å²) in [7, 11) is 0. The van der Waals surface area contributed by atoms with E-state index in [1.165, 1.54) is 0 Å². The molecule has 2 fully saturated rings. The lowest BCUT2D eigenvalue weighted by Gasteiger charge is -2.29. The first-order valence-electron chi connectivity index (χ1n) is 9.77. The number of rotatable bonds is 4. The van der Waals surface area contributed by atoms with Crippen molar-refractivity contribution in [2.75, 3.05) is 24.5 Å². The Morgan fingerprint density at radius 1 is 1.34 bits per heavy atom. The molecule has 0 aromatic carbocycles. The maximum absolute atomic E-state index is 6.68. The minimum Gasteiger partial charge on any atom is -0.463 e. The minimum absolute atomic E-state index is 0.257. The Balaban J connectivity index is 1.44. The third-order valence-electron chi connectivity index (χ3n) is 5.85. The standard InChI is InChI=1S/C20H19ClN6O2/c1-2-12-17(21)16-18(24-12)25-20(26-19(16)27-8-10-6-22-14(10)9-27)29-11-5-15-13(23-7-11)3-4-28-15/h3-5,7,10,14,22H,2,6,8-9H2,1H3,(H,24,25,26). The van der Waals surface area contributed by atoms with Gasteiger partial charge in [0.25, 0.3) is 0 Å². The van der Waals surface area contributed by atoms with Crippen LogP contribution in [0.4, 0.5) is 5.82 Å². The number of aryl methyl sites for hydroxylation is 1. The lowest BCUT2D eigenvalue weighted by molar-refractivity contribution is 0.297. The van der Waals surface area contributed by atoms with E-state index in [9.17, 15) is 0 Å². The van der Waals surface area contributed by atoms with Gasteiger partial charge >= 0.3 is 6.01 Å². The lowest BCUT2D eigenvalue weighted by atomic mass is 9.96. The van der Waals surface area contributed by atoms with Crippen LogP contribution in [-0.2, 0) is 6.42 Å². The van der Waals surface area contributed by atoms with E-state index in [1.807, 2.05) is 6.07 Å². The molecule has 2 atom stereocenters. The van der Waals surface area contributed by atoms with Gasteiger partial charge in [-0.15, -0.1) is 0 Å². The van der Waals surface area contributed by atoms with Crippen molar-refractivity contribution in [1.82, 2.24) is 25.3 Å². The molecule has 0 aliphatic carbocycles. The number of furan rings is 1. The Kier molecular flexibility index (Phi) is 3.72. The van der Waals surface area contributed by atoms with Crippen molar-refractivity contribution in [3.63, 3.8) is 0 Å². The smallest absolute Gasteiger partial charge is 0.326 e. The third-order valence-corrected chi connectivity index (χ3v) is 6.26. The van der Waals surface area contributed by atoms with Gasteiger partial charge in [0.1, 0.15) is 17.0 Å². The summed E-state index contributed by atoms with van der Waals surface area (Å²) in [6.45, 7) is 4.96. The quantitative estimate of drug-likeness (QED) is 0.531. The van der Waals surface area contributed by atoms with Gasteiger partial charge in [-0.3, -0.25) is 0 Å². The first-order chi connectivity index (χ1) is 14.2. The van der Waals surface area contributed by atoms with Crippen LogP contribution in [0.15, 0.2) is 29.0 Å². The van der Waals surface area contributed by atoms with Gasteiger partial charge in [-0.05, 0) is 6.42 Å². The molecule has 4 aromatic heterocycles. The van der Waals surface area contributed by atoms with Crippen LogP contribution in [-0.4, -0.2) is 45.6 Å². The van der Waals surface area contributed by atoms with Crippen LogP contribution >= 0.6 is 11.6 Å². The molecule has 0 spiro atoms. The van der Waals surface area contributed by atoms with Crippen LogP contribution in [0.25, 0.3) is 22.1 Å². The maximum atomic E-state index is 6.68. The van der Waals surface area contributed by atoms with Crippen molar-refractivity contribution in [1.29, 1.82) is 0 Å². The van der Waals surface area contributed by atoms with E-state index in [0.717, 1.165) is 48.5 Å². The van der Waals surface area contributed by atoms with Gasteiger partial charge in [0.2, 0.25) is 0 Å². The molecular formula is C20H19ClN6O2. The monoisotopic (exact) mass is 410 g/mol. The molecule has 9 heteroatoms. The molecule has 0 saturated carbocycles. The number of aromatic amines is 1. The Bertz CT molecular complexity index is 1220. The van der Waals surface area contributed by atoms with E-state index in [2.05, 4.69) is 32.1 Å². The predicted molar refractivity (Wildman–Crippen MR) is 110 cm³/mol. The molecular weight excluding hydrogens is 392 g/mol. The molecule has 0 bridgehead atoms. The number of aromatic nitrogens is 4. The highest BCUT2D eigenvalue weighted by molar-refractivity contribution is 6.37. The number of hydrogen-bond donors (Lipinski definition) is 2. The summed E-state index contributed by atoms with van der Waals surface area (Å²) in [5, 5.41) is 5.03. The largest absolute Gasteiger partial charge is 0.463 e. The molecule has 6 rings (SSSR count). The number of halogens is 1. The van der Waals surface area contributed by atoms with Crippen molar-refractivity contribution >= 4 is 39.6 Å². The summed E-state index contributed by atoms with van der Waals surface area (Å²) >= 11 is 6.68. The molecule has 2 saturated heterocycles. The molecule has 4 aromatic rings. The number of anilines is 1. The fourth-order valence-corrected chi connectivity index (χ4v) is 4.56. The molecule has 2 aliphatic heterocycles. The lowest BCUT2D eigenvalue weighted by Crippen LogP contribution is -2.51. The van der Waals surface area contributed by atoms with E-state index in [1.54, 1.807) is 18.5 Å². The van der Waals surface area contributed by atoms with E-state index >= 15 is 0 Å². The summed E-state index contributed by atoms with van der Waals surface area (Å²) in [4.78, 5) is 19.3. The van der Waals surface area contributed by atoms with Crippen molar-refractivity contribution in [2.45, 2.75) is 19.4 Å². The number of nitrogens with one attached hydrogen (secondary N) is 2. The summed E-state index contributed by atoms with van der Waals surface area (Å²) in [5.41, 5.74) is 3.07. The van der Waals surface area contributed by atoms with Gasteiger partial charge in [0, 0.05) is 49.4 Å². The van der Waals surface area contributed by atoms with Gasteiger partial charge < -0.3 is 24.4 Å². The van der Waals surface area contributed by atoms with Gasteiger partial charge in [-0.25, -0.2) is 4.98 Å². The van der Waals surface area contributed by atoms with Crippen LogP contribution in [0.3, 0.4) is 0 Å². The fraction of sp³-hybridized carbons (Fsp3) is 0.350. The highest BCUT2D eigenvalue weighted by atomic mass is 35.5. The zero-order chi connectivity index (χ0) is 19.5. The van der Waals surface area contributed by atoms with Crippen LogP contribution in [0.1, 0.15) is 12.6 Å². The minimum atomic E-state index is 0.257. The topological polar surface area (TPSA) is 92.1 Å². The van der Waals surface area contributed by atoms with E-state index in [-0.39, 0.29) is 6.01 Å². The maximum Gasteiger partial charge on any atom is 0.326 e. The second kappa shape index (κ2) is 6.33. The van der Waals surface area contributed by atoms with E-state index < -0.39 is 0 Å². The highest BCUT2D eigenvalue weighted by Crippen LogP contribution is 2.38. The predicted octanol–water partition coefficient (Wildman–Crippen LogP) is 3.52. The van der Waals surface area contributed by atoms with E-state index in [4.69, 9.17) is 25.7 Å². The first-order valence-corrected chi connectivity index (χ1v) is 10.1. The molecule has 0 radical (unpaired) electrons. The average Bonchev–Trinajstić information content (AvgIpc) is 3.38. The summed E-state index contributed by atoms with van der Waals surface area (Å²) < 4.78 is 11.4. The van der Waals surface area contributed by atoms with Crippen LogP contribution < -0.4 is 15.0 Å². The number of H-pyrrole nitrogens is 1. The number of hydrogen-bond acceptors (Lipinski definition) is 7. The zero-order valence-electron chi connectivity index (χ0n) is 15.8. The molecule has 2 aliphatic rings. The van der Waals surface area contributed by atoms with Crippen molar-refractivity contribution < 1.29 is 9.15 Å². The Hall–Kier alpha value is -2.84. The molecule has 2 unspecified atom stereocenters. The number of fused-ring (bicyclic) bond motifs is 3. The SMILES string of the molecule is CCc1[nH]c2nc(Oc3cnc4ccoc4c3)nc(N3CC4CNC4C3)c2c1Cl. The van der Waals surface area contributed by atoms with E-state index in [0.29, 0.717) is 34.0 Å². The van der Waals surface area contributed by atoms with Gasteiger partial charge in [-0.2, -0.15) is 9.97 Å². The molecule has 6 heterocycles. The molecule has 8 nitrogen and oxygen atoms in total. The molecule has 0 amide bonds.